The fourth-order valence-corrected chi connectivity index (χ4v) is 4.46. The minimum atomic E-state index is -0.153. The molecule has 1 aliphatic carbocycles. The summed E-state index contributed by atoms with van der Waals surface area (Å²) < 4.78 is 3.33. The molecule has 0 radical (unpaired) electrons. The third-order valence-corrected chi connectivity index (χ3v) is 6.15. The van der Waals surface area contributed by atoms with E-state index in [1.54, 1.807) is 33.9 Å². The highest BCUT2D eigenvalue weighted by Crippen LogP contribution is 2.28. The first-order valence-corrected chi connectivity index (χ1v) is 10.8. The van der Waals surface area contributed by atoms with E-state index in [4.69, 9.17) is 0 Å². The lowest BCUT2D eigenvalue weighted by Crippen LogP contribution is -2.39. The number of carbonyl (C=O) groups is 1. The van der Waals surface area contributed by atoms with Crippen molar-refractivity contribution < 1.29 is 4.79 Å². The van der Waals surface area contributed by atoms with Gasteiger partial charge in [-0.3, -0.25) is 19.3 Å². The summed E-state index contributed by atoms with van der Waals surface area (Å²) in [6.45, 7) is 0. The van der Waals surface area contributed by atoms with Gasteiger partial charge in [-0.2, -0.15) is 10.2 Å². The molecule has 0 unspecified atom stereocenters. The first-order valence-electron chi connectivity index (χ1n) is 10.8. The third-order valence-electron chi connectivity index (χ3n) is 6.15. The molecule has 1 fully saturated rings. The molecule has 3 heterocycles. The van der Waals surface area contributed by atoms with Gasteiger partial charge in [-0.25, -0.2) is 4.68 Å². The van der Waals surface area contributed by atoms with E-state index in [0.717, 1.165) is 47.8 Å². The number of hydrogen-bond acceptors (Lipinski definition) is 5. The van der Waals surface area contributed by atoms with Crippen molar-refractivity contribution in [3.05, 3.63) is 77.0 Å². The summed E-state index contributed by atoms with van der Waals surface area (Å²) in [5.41, 5.74) is 2.96. The number of fused-ring (bicyclic) bond motifs is 1. The van der Waals surface area contributed by atoms with E-state index in [-0.39, 0.29) is 23.6 Å². The Hall–Kier alpha value is -3.81. The molecule has 8 nitrogen and oxygen atoms in total. The van der Waals surface area contributed by atoms with Crippen LogP contribution in [-0.2, 0) is 7.05 Å². The summed E-state index contributed by atoms with van der Waals surface area (Å²) in [6, 6.07) is 14.9. The molecule has 1 saturated carbocycles. The van der Waals surface area contributed by atoms with Crippen molar-refractivity contribution >= 4 is 16.8 Å². The molecule has 162 valence electrons. The summed E-state index contributed by atoms with van der Waals surface area (Å²) in [5.74, 6) is -0.153. The highest BCUT2D eigenvalue weighted by atomic mass is 16.2. The Kier molecular flexibility index (Phi) is 5.26. The van der Waals surface area contributed by atoms with E-state index in [1.165, 1.54) is 0 Å². The van der Waals surface area contributed by atoms with E-state index >= 15 is 0 Å². The zero-order valence-corrected chi connectivity index (χ0v) is 17.8. The molecule has 0 aliphatic heterocycles. The molecule has 3 aromatic heterocycles. The zero-order chi connectivity index (χ0) is 22.1. The Morgan fingerprint density at radius 2 is 1.72 bits per heavy atom. The van der Waals surface area contributed by atoms with E-state index in [9.17, 15) is 9.59 Å². The average Bonchev–Trinajstić information content (AvgIpc) is 3.17. The zero-order valence-electron chi connectivity index (χ0n) is 17.8. The first-order chi connectivity index (χ1) is 15.6. The molecule has 0 saturated heterocycles. The molecule has 4 aromatic rings. The second-order valence-corrected chi connectivity index (χ2v) is 8.21. The van der Waals surface area contributed by atoms with Gasteiger partial charge in [-0.05, 0) is 49.9 Å². The first kappa shape index (κ1) is 20.1. The van der Waals surface area contributed by atoms with Crippen molar-refractivity contribution in [2.24, 2.45) is 7.05 Å². The van der Waals surface area contributed by atoms with Crippen molar-refractivity contribution in [1.82, 2.24) is 29.9 Å². The summed E-state index contributed by atoms with van der Waals surface area (Å²) in [4.78, 5) is 29.4. The number of aromatic nitrogens is 5. The predicted octanol–water partition coefficient (Wildman–Crippen LogP) is 3.11. The molecule has 0 atom stereocenters. The van der Waals surface area contributed by atoms with Gasteiger partial charge in [-0.15, -0.1) is 0 Å². The lowest BCUT2D eigenvalue weighted by Gasteiger charge is -2.29. The van der Waals surface area contributed by atoms with Crippen molar-refractivity contribution in [2.75, 3.05) is 0 Å². The normalized spacial score (nSPS) is 18.5. The molecule has 1 amide bonds. The van der Waals surface area contributed by atoms with Gasteiger partial charge in [0.15, 0.2) is 5.69 Å². The minimum absolute atomic E-state index is 0.0214. The number of nitrogens with one attached hydrogen (secondary N) is 1. The molecule has 8 heteroatoms. The average molecular weight is 428 g/mol. The van der Waals surface area contributed by atoms with Crippen LogP contribution < -0.4 is 10.9 Å². The van der Waals surface area contributed by atoms with Gasteiger partial charge < -0.3 is 5.32 Å². The predicted molar refractivity (Wildman–Crippen MR) is 121 cm³/mol. The lowest BCUT2D eigenvalue weighted by atomic mass is 9.91. The largest absolute Gasteiger partial charge is 0.348 e. The Morgan fingerprint density at radius 3 is 2.50 bits per heavy atom. The van der Waals surface area contributed by atoms with Crippen LogP contribution >= 0.6 is 0 Å². The molecule has 0 bridgehead atoms. The number of aryl methyl sites for hydroxylation is 1. The van der Waals surface area contributed by atoms with Crippen molar-refractivity contribution in [3.8, 4) is 11.3 Å². The van der Waals surface area contributed by atoms with E-state index < -0.39 is 0 Å². The fourth-order valence-electron chi connectivity index (χ4n) is 4.46. The summed E-state index contributed by atoms with van der Waals surface area (Å²) >= 11 is 0. The van der Waals surface area contributed by atoms with Gasteiger partial charge in [0.1, 0.15) is 0 Å². The van der Waals surface area contributed by atoms with Crippen LogP contribution in [-0.4, -0.2) is 36.5 Å². The van der Waals surface area contributed by atoms with Gasteiger partial charge in [0.05, 0.1) is 17.3 Å². The standard InChI is InChI=1S/C24H24N6O2/c1-29-21-5-3-2-4-19(21)23(28-29)24(32)26-17-6-8-18(9-7-17)30-22(31)11-10-20(27-30)16-12-14-25-15-13-16/h2-5,10-15,17-18H,6-9H2,1H3,(H,26,32). The molecule has 1 aliphatic rings. The SMILES string of the molecule is Cn1nc(C(=O)NC2CCC(n3nc(-c4ccncc4)ccc3=O)CC2)c2ccccc21. The van der Waals surface area contributed by atoms with Gasteiger partial charge in [0.25, 0.3) is 11.5 Å². The van der Waals surface area contributed by atoms with Crippen LogP contribution in [0, 0.1) is 0 Å². The number of rotatable bonds is 4. The van der Waals surface area contributed by atoms with E-state index in [2.05, 4.69) is 20.5 Å². The van der Waals surface area contributed by atoms with Gasteiger partial charge in [0, 0.05) is 42.5 Å². The van der Waals surface area contributed by atoms with Gasteiger partial charge in [0.2, 0.25) is 0 Å². The van der Waals surface area contributed by atoms with Crippen LogP contribution in [0.3, 0.4) is 0 Å². The monoisotopic (exact) mass is 428 g/mol. The number of amides is 1. The number of carbonyl (C=O) groups excluding carboxylic acids is 1. The quantitative estimate of drug-likeness (QED) is 0.539. The number of para-hydroxylation sites is 1. The second-order valence-electron chi connectivity index (χ2n) is 8.21. The van der Waals surface area contributed by atoms with Crippen LogP contribution in [0.25, 0.3) is 22.2 Å². The lowest BCUT2D eigenvalue weighted by molar-refractivity contribution is 0.0917. The van der Waals surface area contributed by atoms with E-state index in [1.807, 2.05) is 43.4 Å². The van der Waals surface area contributed by atoms with E-state index in [0.29, 0.717) is 5.69 Å². The van der Waals surface area contributed by atoms with Gasteiger partial charge in [-0.1, -0.05) is 18.2 Å². The topological polar surface area (TPSA) is 94.7 Å². The highest BCUT2D eigenvalue weighted by molar-refractivity contribution is 6.04. The van der Waals surface area contributed by atoms with Crippen molar-refractivity contribution in [3.63, 3.8) is 0 Å². The molecular formula is C24H24N6O2. The van der Waals surface area contributed by atoms with Crippen molar-refractivity contribution in [1.29, 1.82) is 0 Å². The number of pyridine rings is 1. The Bertz CT molecular complexity index is 1320. The van der Waals surface area contributed by atoms with Gasteiger partial charge >= 0.3 is 0 Å². The van der Waals surface area contributed by atoms with Crippen LogP contribution in [0.1, 0.15) is 42.2 Å². The molecule has 1 aromatic carbocycles. The smallest absolute Gasteiger partial charge is 0.272 e. The molecule has 0 spiro atoms. The second kappa shape index (κ2) is 8.37. The van der Waals surface area contributed by atoms with Crippen LogP contribution in [0.5, 0.6) is 0 Å². The summed E-state index contributed by atoms with van der Waals surface area (Å²) in [7, 11) is 1.84. The number of nitrogens with zero attached hydrogens (tertiary/aromatic N) is 5. The molecular weight excluding hydrogens is 404 g/mol. The Labute approximate surface area is 184 Å². The summed E-state index contributed by atoms with van der Waals surface area (Å²) in [6.07, 6.45) is 6.56. The molecule has 5 rings (SSSR count). The Balaban J connectivity index is 1.27. The van der Waals surface area contributed by atoms with Crippen LogP contribution in [0.2, 0.25) is 0 Å². The minimum Gasteiger partial charge on any atom is -0.348 e. The number of hydrogen-bond donors (Lipinski definition) is 1. The summed E-state index contributed by atoms with van der Waals surface area (Å²) in [5, 5.41) is 13.0. The van der Waals surface area contributed by atoms with Crippen molar-refractivity contribution in [2.45, 2.75) is 37.8 Å². The molecule has 32 heavy (non-hydrogen) atoms. The third kappa shape index (κ3) is 3.79. The van der Waals surface area contributed by atoms with Crippen LogP contribution in [0.15, 0.2) is 65.7 Å². The van der Waals surface area contributed by atoms with Crippen LogP contribution in [0.4, 0.5) is 0 Å². The maximum atomic E-state index is 12.9. The maximum Gasteiger partial charge on any atom is 0.272 e. The maximum absolute atomic E-state index is 12.9. The Morgan fingerprint density at radius 1 is 0.969 bits per heavy atom. The fraction of sp³-hybridized carbons (Fsp3) is 0.292. The highest BCUT2D eigenvalue weighted by Gasteiger charge is 2.26. The molecule has 1 N–H and O–H groups in total. The number of benzene rings is 1.